The summed E-state index contributed by atoms with van der Waals surface area (Å²) in [5.41, 5.74) is -0.119. The van der Waals surface area contributed by atoms with E-state index in [1.54, 1.807) is 0 Å². The Morgan fingerprint density at radius 3 is 2.25 bits per heavy atom. The highest BCUT2D eigenvalue weighted by molar-refractivity contribution is 6.23. The molecule has 0 fully saturated rings. The van der Waals surface area contributed by atoms with Gasteiger partial charge in [-0.15, -0.1) is 0 Å². The van der Waals surface area contributed by atoms with Crippen molar-refractivity contribution >= 4 is 11.8 Å². The van der Waals surface area contributed by atoms with Gasteiger partial charge in [-0.25, -0.2) is 4.79 Å². The quantitative estimate of drug-likeness (QED) is 0.215. The molecule has 0 aliphatic rings. The molecule has 0 radical (unpaired) electrons. The number of rotatable bonds is 4. The largest absolute Gasteiger partial charge is 0.435 e. The molecule has 1 N–H and O–H groups in total. The van der Waals surface area contributed by atoms with Gasteiger partial charge in [-0.1, -0.05) is 13.2 Å². The van der Waals surface area contributed by atoms with Gasteiger partial charge in [-0.05, 0) is 12.5 Å². The summed E-state index contributed by atoms with van der Waals surface area (Å²) < 4.78 is 4.13. The molecule has 66 valence electrons. The molecule has 0 spiro atoms. The van der Waals surface area contributed by atoms with Crippen molar-refractivity contribution in [3.63, 3.8) is 0 Å². The standard InChI is InChI=1S/C8H10O4/c1-5(2)7(10)6(3)8(11)12-4-9/h9H,1,3-4H2,2H3. The minimum absolute atomic E-state index is 0.204. The Morgan fingerprint density at radius 2 is 1.92 bits per heavy atom. The fourth-order valence-electron chi connectivity index (χ4n) is 0.496. The highest BCUT2D eigenvalue weighted by atomic mass is 16.6. The van der Waals surface area contributed by atoms with Crippen molar-refractivity contribution in [1.82, 2.24) is 0 Å². The summed E-state index contributed by atoms with van der Waals surface area (Å²) in [6.07, 6.45) is 0. The van der Waals surface area contributed by atoms with Crippen LogP contribution in [0.2, 0.25) is 0 Å². The number of hydrogen-bond acceptors (Lipinski definition) is 4. The van der Waals surface area contributed by atoms with Crippen LogP contribution < -0.4 is 0 Å². The molecule has 0 saturated heterocycles. The molecule has 12 heavy (non-hydrogen) atoms. The van der Waals surface area contributed by atoms with Gasteiger partial charge in [0, 0.05) is 0 Å². The van der Waals surface area contributed by atoms with Gasteiger partial charge in [0.1, 0.15) is 5.57 Å². The Balaban J connectivity index is 4.30. The van der Waals surface area contributed by atoms with E-state index in [4.69, 9.17) is 5.11 Å². The summed E-state index contributed by atoms with van der Waals surface area (Å²) in [5.74, 6) is -1.49. The minimum atomic E-state index is -0.925. The number of allylic oxidation sites excluding steroid dienone is 1. The van der Waals surface area contributed by atoms with E-state index in [1.807, 2.05) is 0 Å². The average molecular weight is 170 g/mol. The normalized spacial score (nSPS) is 8.83. The van der Waals surface area contributed by atoms with E-state index in [1.165, 1.54) is 6.92 Å². The van der Waals surface area contributed by atoms with Crippen molar-refractivity contribution in [1.29, 1.82) is 0 Å². The van der Waals surface area contributed by atoms with Gasteiger partial charge in [0.05, 0.1) is 0 Å². The Morgan fingerprint density at radius 1 is 1.42 bits per heavy atom. The van der Waals surface area contributed by atoms with Gasteiger partial charge in [0.2, 0.25) is 0 Å². The third-order valence-corrected chi connectivity index (χ3v) is 1.10. The molecule has 0 amide bonds. The second kappa shape index (κ2) is 4.46. The zero-order valence-corrected chi connectivity index (χ0v) is 6.79. The van der Waals surface area contributed by atoms with Crippen LogP contribution in [0.3, 0.4) is 0 Å². The van der Waals surface area contributed by atoms with Crippen molar-refractivity contribution in [2.75, 3.05) is 6.79 Å². The molecule has 0 aromatic heterocycles. The summed E-state index contributed by atoms with van der Waals surface area (Å²) in [6.45, 7) is 7.23. The Bertz CT molecular complexity index is 239. The van der Waals surface area contributed by atoms with E-state index in [-0.39, 0.29) is 11.1 Å². The molecule has 0 saturated carbocycles. The van der Waals surface area contributed by atoms with Gasteiger partial charge < -0.3 is 9.84 Å². The van der Waals surface area contributed by atoms with Crippen LogP contribution in [0.1, 0.15) is 6.92 Å². The lowest BCUT2D eigenvalue weighted by Gasteiger charge is -2.02. The van der Waals surface area contributed by atoms with Crippen LogP contribution in [0.5, 0.6) is 0 Å². The molecule has 0 rings (SSSR count). The second-order valence-corrected chi connectivity index (χ2v) is 2.15. The molecule has 0 bridgehead atoms. The van der Waals surface area contributed by atoms with Crippen molar-refractivity contribution in [3.8, 4) is 0 Å². The number of ether oxygens (including phenoxy) is 1. The average Bonchev–Trinajstić information content (AvgIpc) is 2.02. The van der Waals surface area contributed by atoms with Crippen LogP contribution in [0.15, 0.2) is 24.3 Å². The van der Waals surface area contributed by atoms with Crippen LogP contribution in [0.25, 0.3) is 0 Å². The maximum Gasteiger partial charge on any atom is 0.343 e. The van der Waals surface area contributed by atoms with Gasteiger partial charge >= 0.3 is 5.97 Å². The van der Waals surface area contributed by atoms with Gasteiger partial charge in [0.15, 0.2) is 12.6 Å². The van der Waals surface area contributed by atoms with Gasteiger partial charge in [-0.3, -0.25) is 4.79 Å². The van der Waals surface area contributed by atoms with E-state index in [0.717, 1.165) is 0 Å². The van der Waals surface area contributed by atoms with E-state index in [9.17, 15) is 9.59 Å². The van der Waals surface area contributed by atoms with Crippen LogP contribution in [0, 0.1) is 0 Å². The predicted octanol–water partition coefficient (Wildman–Crippen LogP) is 0.181. The first-order valence-electron chi connectivity index (χ1n) is 3.17. The van der Waals surface area contributed by atoms with E-state index in [0.29, 0.717) is 0 Å². The summed E-state index contributed by atoms with van der Waals surface area (Å²) in [6, 6.07) is 0. The second-order valence-electron chi connectivity index (χ2n) is 2.15. The third-order valence-electron chi connectivity index (χ3n) is 1.10. The number of ketones is 1. The fourth-order valence-corrected chi connectivity index (χ4v) is 0.496. The topological polar surface area (TPSA) is 63.6 Å². The summed E-state index contributed by atoms with van der Waals surface area (Å²) in [5, 5.41) is 8.19. The lowest BCUT2D eigenvalue weighted by molar-refractivity contribution is -0.147. The van der Waals surface area contributed by atoms with E-state index < -0.39 is 18.5 Å². The van der Waals surface area contributed by atoms with Crippen LogP contribution >= 0.6 is 0 Å². The first-order chi connectivity index (χ1) is 5.50. The lowest BCUT2D eigenvalue weighted by Crippen LogP contribution is -2.15. The van der Waals surface area contributed by atoms with Crippen LogP contribution in [0.4, 0.5) is 0 Å². The molecule has 0 aromatic carbocycles. The maximum absolute atomic E-state index is 11.0. The predicted molar refractivity (Wildman–Crippen MR) is 42.1 cm³/mol. The van der Waals surface area contributed by atoms with Crippen molar-refractivity contribution in [3.05, 3.63) is 24.3 Å². The third kappa shape index (κ3) is 2.67. The highest BCUT2D eigenvalue weighted by Crippen LogP contribution is 2.03. The SMILES string of the molecule is C=C(C)C(=O)C(=C)C(=O)OCO. The minimum Gasteiger partial charge on any atom is -0.435 e. The first-order valence-corrected chi connectivity index (χ1v) is 3.17. The van der Waals surface area contributed by atoms with Crippen LogP contribution in [-0.4, -0.2) is 23.7 Å². The molecule has 4 nitrogen and oxygen atoms in total. The summed E-state index contributed by atoms with van der Waals surface area (Å²) in [4.78, 5) is 21.7. The number of carbonyl (C=O) groups excluding carboxylic acids is 2. The smallest absolute Gasteiger partial charge is 0.343 e. The summed E-state index contributed by atoms with van der Waals surface area (Å²) >= 11 is 0. The molecule has 0 aromatic rings. The molecule has 0 atom stereocenters. The zero-order valence-electron chi connectivity index (χ0n) is 6.79. The van der Waals surface area contributed by atoms with E-state index in [2.05, 4.69) is 17.9 Å². The van der Waals surface area contributed by atoms with Gasteiger partial charge in [-0.2, -0.15) is 0 Å². The lowest BCUT2D eigenvalue weighted by atomic mass is 10.1. The molecular formula is C8H10O4. The van der Waals surface area contributed by atoms with Gasteiger partial charge in [0.25, 0.3) is 0 Å². The zero-order chi connectivity index (χ0) is 9.72. The number of aliphatic hydroxyl groups excluding tert-OH is 1. The van der Waals surface area contributed by atoms with Crippen molar-refractivity contribution in [2.45, 2.75) is 6.92 Å². The Labute approximate surface area is 70.1 Å². The summed E-state index contributed by atoms with van der Waals surface area (Å²) in [7, 11) is 0. The Hall–Kier alpha value is -1.42. The maximum atomic E-state index is 11.0. The molecule has 4 heteroatoms. The number of hydrogen-bond donors (Lipinski definition) is 1. The number of Topliss-reactive ketones (excluding diaryl/α,β-unsaturated/α-hetero) is 1. The fraction of sp³-hybridized carbons (Fsp3) is 0.250. The molecule has 0 heterocycles. The highest BCUT2D eigenvalue weighted by Gasteiger charge is 2.16. The first kappa shape index (κ1) is 10.6. The molecule has 0 aliphatic heterocycles. The van der Waals surface area contributed by atoms with Crippen molar-refractivity contribution in [2.24, 2.45) is 0 Å². The number of esters is 1. The van der Waals surface area contributed by atoms with Crippen LogP contribution in [-0.2, 0) is 14.3 Å². The number of carbonyl (C=O) groups is 2. The monoisotopic (exact) mass is 170 g/mol. The van der Waals surface area contributed by atoms with Crippen molar-refractivity contribution < 1.29 is 19.4 Å². The molecule has 0 aliphatic carbocycles. The molecule has 0 unspecified atom stereocenters. The number of aliphatic hydroxyl groups is 1. The molecular weight excluding hydrogens is 160 g/mol. The Kier molecular flexibility index (Phi) is 3.93. The van der Waals surface area contributed by atoms with E-state index >= 15 is 0 Å².